The highest BCUT2D eigenvalue weighted by Gasteiger charge is 2.09. The van der Waals surface area contributed by atoms with Crippen molar-refractivity contribution in [1.29, 1.82) is 0 Å². The second-order valence-electron chi connectivity index (χ2n) is 2.72. The van der Waals surface area contributed by atoms with Gasteiger partial charge >= 0.3 is 0 Å². The fourth-order valence-corrected chi connectivity index (χ4v) is 1.66. The normalized spacial score (nSPS) is 10.8. The molecule has 0 heterocycles. The number of halogens is 2. The van der Waals surface area contributed by atoms with E-state index in [2.05, 4.69) is 0 Å². The Morgan fingerprint density at radius 1 is 1.17 bits per heavy atom. The average molecular weight is 188 g/mol. The second kappa shape index (κ2) is 3.90. The topological polar surface area (TPSA) is 0 Å². The van der Waals surface area contributed by atoms with E-state index >= 15 is 0 Å². The smallest absolute Gasteiger partial charge is 0.139 e. The lowest BCUT2D eigenvalue weighted by molar-refractivity contribution is 0.540. The molecule has 66 valence electrons. The fourth-order valence-electron chi connectivity index (χ4n) is 0.831. The van der Waals surface area contributed by atoms with Gasteiger partial charge in [0.2, 0.25) is 0 Å². The van der Waals surface area contributed by atoms with Crippen molar-refractivity contribution in [3.63, 3.8) is 0 Å². The number of rotatable bonds is 2. The van der Waals surface area contributed by atoms with Crippen LogP contribution in [0.4, 0.5) is 8.78 Å². The summed E-state index contributed by atoms with van der Waals surface area (Å²) in [6.07, 6.45) is 0. The molecule has 0 N–H and O–H groups in total. The maximum Gasteiger partial charge on any atom is 0.139 e. The molecule has 0 bridgehead atoms. The Bertz CT molecular complexity index is 251. The van der Waals surface area contributed by atoms with Crippen molar-refractivity contribution >= 4 is 11.8 Å². The summed E-state index contributed by atoms with van der Waals surface area (Å²) in [6, 6.07) is 3.91. The van der Waals surface area contributed by atoms with Gasteiger partial charge in [0, 0.05) is 5.25 Å². The number of thioether (sulfide) groups is 1. The molecule has 0 aliphatic carbocycles. The van der Waals surface area contributed by atoms with E-state index in [1.54, 1.807) is 0 Å². The van der Waals surface area contributed by atoms with Crippen molar-refractivity contribution in [3.8, 4) is 0 Å². The summed E-state index contributed by atoms with van der Waals surface area (Å²) in [6.45, 7) is 3.80. The highest BCUT2D eigenvalue weighted by molar-refractivity contribution is 7.99. The molecular formula is C9H10F2S. The molecule has 0 nitrogen and oxygen atoms in total. The summed E-state index contributed by atoms with van der Waals surface area (Å²) in [4.78, 5) is 0.118. The van der Waals surface area contributed by atoms with Crippen LogP contribution in [-0.2, 0) is 0 Å². The monoisotopic (exact) mass is 188 g/mol. The first-order valence-corrected chi connectivity index (χ1v) is 4.60. The molecule has 0 unspecified atom stereocenters. The van der Waals surface area contributed by atoms with Gasteiger partial charge in [-0.25, -0.2) is 8.78 Å². The lowest BCUT2D eigenvalue weighted by atomic mass is 10.3. The van der Waals surface area contributed by atoms with Crippen LogP contribution in [0.3, 0.4) is 0 Å². The van der Waals surface area contributed by atoms with E-state index in [1.807, 2.05) is 13.8 Å². The quantitative estimate of drug-likeness (QED) is 0.640. The summed E-state index contributed by atoms with van der Waals surface area (Å²) in [5.41, 5.74) is 0. The molecular weight excluding hydrogens is 178 g/mol. The summed E-state index contributed by atoms with van der Waals surface area (Å²) in [5.74, 6) is -0.956. The number of benzene rings is 1. The molecule has 0 saturated heterocycles. The van der Waals surface area contributed by atoms with Crippen LogP contribution in [0.2, 0.25) is 0 Å². The molecule has 0 radical (unpaired) electrons. The first-order chi connectivity index (χ1) is 5.61. The summed E-state index contributed by atoms with van der Waals surface area (Å²) in [5, 5.41) is 0.191. The van der Waals surface area contributed by atoms with Gasteiger partial charge in [-0.05, 0) is 12.1 Å². The van der Waals surface area contributed by atoms with Gasteiger partial charge in [0.25, 0.3) is 0 Å². The molecule has 0 aliphatic heterocycles. The summed E-state index contributed by atoms with van der Waals surface area (Å²) < 4.78 is 25.9. The zero-order valence-corrected chi connectivity index (χ0v) is 7.79. The van der Waals surface area contributed by atoms with Gasteiger partial charge in [-0.1, -0.05) is 19.9 Å². The van der Waals surface area contributed by atoms with Gasteiger partial charge in [-0.3, -0.25) is 0 Å². The van der Waals surface area contributed by atoms with Crippen molar-refractivity contribution in [3.05, 3.63) is 29.8 Å². The van der Waals surface area contributed by atoms with Crippen LogP contribution in [-0.4, -0.2) is 5.25 Å². The molecule has 0 saturated carbocycles. The minimum absolute atomic E-state index is 0.118. The zero-order chi connectivity index (χ0) is 9.14. The standard InChI is InChI=1S/C9H10F2S/c1-6(2)12-9-7(10)4-3-5-8(9)11/h3-6H,1-2H3. The van der Waals surface area contributed by atoms with E-state index in [0.717, 1.165) is 0 Å². The number of hydrogen-bond acceptors (Lipinski definition) is 1. The molecule has 1 aromatic rings. The van der Waals surface area contributed by atoms with E-state index in [-0.39, 0.29) is 10.1 Å². The molecule has 0 amide bonds. The third-order valence-electron chi connectivity index (χ3n) is 1.27. The largest absolute Gasteiger partial charge is 0.206 e. The van der Waals surface area contributed by atoms with Gasteiger partial charge in [0.05, 0.1) is 4.90 Å². The van der Waals surface area contributed by atoms with E-state index < -0.39 is 11.6 Å². The number of hydrogen-bond donors (Lipinski definition) is 0. The predicted octanol–water partition coefficient (Wildman–Crippen LogP) is 3.47. The first-order valence-electron chi connectivity index (χ1n) is 3.72. The van der Waals surface area contributed by atoms with Crippen LogP contribution in [0.15, 0.2) is 23.1 Å². The Hall–Kier alpha value is -0.570. The maximum absolute atomic E-state index is 12.9. The van der Waals surface area contributed by atoms with Crippen LogP contribution in [0.1, 0.15) is 13.8 Å². The zero-order valence-electron chi connectivity index (χ0n) is 6.97. The average Bonchev–Trinajstić information content (AvgIpc) is 1.97. The molecule has 0 aromatic heterocycles. The van der Waals surface area contributed by atoms with Crippen LogP contribution in [0, 0.1) is 11.6 Å². The van der Waals surface area contributed by atoms with Crippen molar-refractivity contribution < 1.29 is 8.78 Å². The molecule has 3 heteroatoms. The molecule has 0 aliphatic rings. The fraction of sp³-hybridized carbons (Fsp3) is 0.333. The molecule has 0 fully saturated rings. The molecule has 0 atom stereocenters. The van der Waals surface area contributed by atoms with Crippen LogP contribution in [0.5, 0.6) is 0 Å². The van der Waals surface area contributed by atoms with Crippen LogP contribution in [0.25, 0.3) is 0 Å². The Labute approximate surface area is 75.0 Å². The SMILES string of the molecule is CC(C)Sc1c(F)cccc1F. The molecule has 12 heavy (non-hydrogen) atoms. The van der Waals surface area contributed by atoms with Gasteiger partial charge < -0.3 is 0 Å². The molecule has 1 aromatic carbocycles. The highest BCUT2D eigenvalue weighted by Crippen LogP contribution is 2.27. The van der Waals surface area contributed by atoms with Gasteiger partial charge in [-0.2, -0.15) is 0 Å². The molecule has 1 rings (SSSR count). The predicted molar refractivity (Wildman–Crippen MR) is 47.4 cm³/mol. The third-order valence-corrected chi connectivity index (χ3v) is 2.37. The van der Waals surface area contributed by atoms with Crippen molar-refractivity contribution in [2.24, 2.45) is 0 Å². The van der Waals surface area contributed by atoms with E-state index in [0.29, 0.717) is 0 Å². The van der Waals surface area contributed by atoms with Gasteiger partial charge in [0.15, 0.2) is 0 Å². The van der Waals surface area contributed by atoms with Crippen molar-refractivity contribution in [2.75, 3.05) is 0 Å². The lowest BCUT2D eigenvalue weighted by Gasteiger charge is -2.06. The highest BCUT2D eigenvalue weighted by atomic mass is 32.2. The van der Waals surface area contributed by atoms with Crippen molar-refractivity contribution in [1.82, 2.24) is 0 Å². The third kappa shape index (κ3) is 2.21. The van der Waals surface area contributed by atoms with Gasteiger partial charge in [0.1, 0.15) is 11.6 Å². The van der Waals surface area contributed by atoms with E-state index in [4.69, 9.17) is 0 Å². The minimum Gasteiger partial charge on any atom is -0.206 e. The maximum atomic E-state index is 12.9. The summed E-state index contributed by atoms with van der Waals surface area (Å²) in [7, 11) is 0. The summed E-state index contributed by atoms with van der Waals surface area (Å²) >= 11 is 1.20. The van der Waals surface area contributed by atoms with E-state index in [1.165, 1.54) is 30.0 Å². The lowest BCUT2D eigenvalue weighted by Crippen LogP contribution is -1.92. The Morgan fingerprint density at radius 3 is 2.08 bits per heavy atom. The molecule has 0 spiro atoms. The Kier molecular flexibility index (Phi) is 3.09. The van der Waals surface area contributed by atoms with Gasteiger partial charge in [-0.15, -0.1) is 11.8 Å². The van der Waals surface area contributed by atoms with Crippen molar-refractivity contribution in [2.45, 2.75) is 24.0 Å². The minimum atomic E-state index is -0.478. The van der Waals surface area contributed by atoms with Crippen LogP contribution >= 0.6 is 11.8 Å². The first kappa shape index (κ1) is 9.52. The second-order valence-corrected chi connectivity index (χ2v) is 4.30. The Morgan fingerprint density at radius 2 is 1.67 bits per heavy atom. The Balaban J connectivity index is 2.96. The van der Waals surface area contributed by atoms with E-state index in [9.17, 15) is 8.78 Å². The van der Waals surface area contributed by atoms with Crippen LogP contribution < -0.4 is 0 Å².